The average Bonchev–Trinajstić information content (AvgIpc) is 3.07. The molecule has 0 aliphatic carbocycles. The highest BCUT2D eigenvalue weighted by molar-refractivity contribution is 5.56. The Bertz CT molecular complexity index is 1700. The summed E-state index contributed by atoms with van der Waals surface area (Å²) in [5.74, 6) is 15.0. The molecule has 0 radical (unpaired) electrons. The van der Waals surface area contributed by atoms with E-state index in [1.54, 1.807) is 0 Å². The smallest absolute Gasteiger partial charge is 0.161 e. The van der Waals surface area contributed by atoms with Gasteiger partial charge in [0.1, 0.15) is 11.5 Å². The Kier molecular flexibility index (Phi) is 6.95. The SMILES string of the molecule is C(#Cc1ccc(N2COc3ccccc3C2)cc1)c1ccc(C#Cc2ccc(N3COc4ccccc4C3)cc2)cc1. The van der Waals surface area contributed by atoms with Gasteiger partial charge in [-0.25, -0.2) is 0 Å². The Morgan fingerprint density at radius 2 is 0.738 bits per heavy atom. The normalized spacial score (nSPS) is 13.2. The Morgan fingerprint density at radius 1 is 0.405 bits per heavy atom. The predicted octanol–water partition coefficient (Wildman–Crippen LogP) is 7.20. The molecule has 0 bridgehead atoms. The van der Waals surface area contributed by atoms with E-state index in [4.69, 9.17) is 9.47 Å². The van der Waals surface area contributed by atoms with Crippen LogP contribution in [-0.2, 0) is 13.1 Å². The van der Waals surface area contributed by atoms with E-state index in [2.05, 4.69) is 94.1 Å². The van der Waals surface area contributed by atoms with Crippen LogP contribution in [-0.4, -0.2) is 13.5 Å². The second-order valence-electron chi connectivity index (χ2n) is 10.3. The number of ether oxygens (including phenoxy) is 2. The molecular formula is C38H28N2O2. The Balaban J connectivity index is 0.958. The van der Waals surface area contributed by atoms with E-state index in [1.165, 1.54) is 11.1 Å². The molecule has 0 saturated carbocycles. The summed E-state index contributed by atoms with van der Waals surface area (Å²) in [6.45, 7) is 2.77. The number of rotatable bonds is 2. The minimum absolute atomic E-state index is 0.548. The van der Waals surface area contributed by atoms with Gasteiger partial charge < -0.3 is 19.3 Å². The predicted molar refractivity (Wildman–Crippen MR) is 168 cm³/mol. The number of nitrogens with zero attached hydrogens (tertiary/aromatic N) is 2. The first kappa shape index (κ1) is 25.4. The summed E-state index contributed by atoms with van der Waals surface area (Å²) in [7, 11) is 0. The van der Waals surface area contributed by atoms with E-state index in [1.807, 2.05) is 60.7 Å². The van der Waals surface area contributed by atoms with E-state index in [9.17, 15) is 0 Å². The minimum atomic E-state index is 0.548. The van der Waals surface area contributed by atoms with Crippen LogP contribution in [0.5, 0.6) is 11.5 Å². The fourth-order valence-electron chi connectivity index (χ4n) is 5.12. The van der Waals surface area contributed by atoms with Gasteiger partial charge in [0.2, 0.25) is 0 Å². The quantitative estimate of drug-likeness (QED) is 0.220. The van der Waals surface area contributed by atoms with Crippen molar-refractivity contribution in [2.24, 2.45) is 0 Å². The Morgan fingerprint density at radius 3 is 1.12 bits per heavy atom. The van der Waals surface area contributed by atoms with Crippen LogP contribution in [0.2, 0.25) is 0 Å². The summed E-state index contributed by atoms with van der Waals surface area (Å²) < 4.78 is 11.8. The monoisotopic (exact) mass is 544 g/mol. The molecule has 5 aromatic carbocycles. The zero-order valence-corrected chi connectivity index (χ0v) is 23.1. The van der Waals surface area contributed by atoms with Crippen LogP contribution in [0, 0.1) is 23.7 Å². The topological polar surface area (TPSA) is 24.9 Å². The van der Waals surface area contributed by atoms with Gasteiger partial charge in [0, 0.05) is 57.8 Å². The van der Waals surface area contributed by atoms with Gasteiger partial charge in [0.05, 0.1) is 0 Å². The van der Waals surface area contributed by atoms with Gasteiger partial charge in [-0.1, -0.05) is 60.1 Å². The van der Waals surface area contributed by atoms with Crippen LogP contribution in [0.1, 0.15) is 33.4 Å². The number of hydrogen-bond acceptors (Lipinski definition) is 4. The first-order chi connectivity index (χ1) is 20.8. The molecule has 0 aromatic heterocycles. The number of benzene rings is 5. The van der Waals surface area contributed by atoms with Gasteiger partial charge in [0.15, 0.2) is 13.5 Å². The second kappa shape index (κ2) is 11.5. The molecule has 42 heavy (non-hydrogen) atoms. The van der Waals surface area contributed by atoms with Crippen molar-refractivity contribution in [3.05, 3.63) is 155 Å². The van der Waals surface area contributed by atoms with Gasteiger partial charge in [-0.2, -0.15) is 0 Å². The lowest BCUT2D eigenvalue weighted by Gasteiger charge is -2.30. The van der Waals surface area contributed by atoms with Crippen LogP contribution in [0.3, 0.4) is 0 Å². The van der Waals surface area contributed by atoms with Gasteiger partial charge in [-0.05, 0) is 84.9 Å². The molecule has 0 amide bonds. The van der Waals surface area contributed by atoms with Crippen molar-refractivity contribution in [3.8, 4) is 35.2 Å². The molecule has 0 fully saturated rings. The molecule has 0 spiro atoms. The van der Waals surface area contributed by atoms with Crippen LogP contribution >= 0.6 is 0 Å². The summed E-state index contributed by atoms with van der Waals surface area (Å²) in [4.78, 5) is 4.44. The largest absolute Gasteiger partial charge is 0.473 e. The maximum atomic E-state index is 5.90. The molecule has 2 aliphatic rings. The highest BCUT2D eigenvalue weighted by Gasteiger charge is 2.18. The summed E-state index contributed by atoms with van der Waals surface area (Å²) in [5, 5.41) is 0. The molecule has 4 nitrogen and oxygen atoms in total. The van der Waals surface area contributed by atoms with Gasteiger partial charge in [-0.15, -0.1) is 0 Å². The molecular weight excluding hydrogens is 516 g/mol. The van der Waals surface area contributed by atoms with E-state index in [-0.39, 0.29) is 0 Å². The highest BCUT2D eigenvalue weighted by atomic mass is 16.5. The number of anilines is 2. The van der Waals surface area contributed by atoms with Crippen molar-refractivity contribution >= 4 is 11.4 Å². The molecule has 0 unspecified atom stereocenters. The lowest BCUT2D eigenvalue weighted by atomic mass is 10.1. The number of hydrogen-bond donors (Lipinski definition) is 0. The molecule has 4 heteroatoms. The van der Waals surface area contributed by atoms with E-state index in [0.717, 1.165) is 58.2 Å². The zero-order valence-electron chi connectivity index (χ0n) is 23.1. The minimum Gasteiger partial charge on any atom is -0.473 e. The van der Waals surface area contributed by atoms with Crippen LogP contribution in [0.25, 0.3) is 0 Å². The third kappa shape index (κ3) is 5.66. The first-order valence-corrected chi connectivity index (χ1v) is 14.0. The van der Waals surface area contributed by atoms with Crippen LogP contribution in [0.4, 0.5) is 11.4 Å². The summed E-state index contributed by atoms with van der Waals surface area (Å²) in [5.41, 5.74) is 8.52. The second-order valence-corrected chi connectivity index (χ2v) is 10.3. The van der Waals surface area contributed by atoms with Crippen molar-refractivity contribution in [2.45, 2.75) is 13.1 Å². The van der Waals surface area contributed by atoms with Crippen molar-refractivity contribution in [1.29, 1.82) is 0 Å². The molecule has 0 N–H and O–H groups in total. The fourth-order valence-corrected chi connectivity index (χ4v) is 5.12. The van der Waals surface area contributed by atoms with Gasteiger partial charge in [-0.3, -0.25) is 0 Å². The molecule has 202 valence electrons. The molecule has 2 aliphatic heterocycles. The van der Waals surface area contributed by atoms with Gasteiger partial charge in [0.25, 0.3) is 0 Å². The maximum absolute atomic E-state index is 5.90. The summed E-state index contributed by atoms with van der Waals surface area (Å²) >= 11 is 0. The van der Waals surface area contributed by atoms with E-state index >= 15 is 0 Å². The molecule has 0 saturated heterocycles. The standard InChI is InChI=1S/C38H28N2O2/c1-3-7-37-33(5-1)25-39(27-41-37)35-21-17-31(18-22-35)15-13-29-9-11-30(12-10-29)14-16-32-19-23-36(24-20-32)40-26-34-6-2-4-8-38(34)42-28-40/h1-12,17-24H,25-28H2. The van der Waals surface area contributed by atoms with Crippen molar-refractivity contribution in [3.63, 3.8) is 0 Å². The Hall–Kier alpha value is -5.58. The van der Waals surface area contributed by atoms with E-state index < -0.39 is 0 Å². The summed E-state index contributed by atoms with van der Waals surface area (Å²) in [6.07, 6.45) is 0. The molecule has 7 rings (SSSR count). The Labute approximate surface area is 246 Å². The van der Waals surface area contributed by atoms with Crippen molar-refractivity contribution in [1.82, 2.24) is 0 Å². The van der Waals surface area contributed by atoms with Crippen molar-refractivity contribution < 1.29 is 9.47 Å². The van der Waals surface area contributed by atoms with Crippen LogP contribution < -0.4 is 19.3 Å². The number of para-hydroxylation sites is 2. The fraction of sp³-hybridized carbons (Fsp3) is 0.105. The highest BCUT2D eigenvalue weighted by Crippen LogP contribution is 2.29. The van der Waals surface area contributed by atoms with Gasteiger partial charge >= 0.3 is 0 Å². The number of fused-ring (bicyclic) bond motifs is 2. The van der Waals surface area contributed by atoms with Crippen LogP contribution in [0.15, 0.2) is 121 Å². The third-order valence-electron chi connectivity index (χ3n) is 7.47. The molecule has 5 aromatic rings. The molecule has 0 atom stereocenters. The maximum Gasteiger partial charge on any atom is 0.161 e. The van der Waals surface area contributed by atoms with Crippen molar-refractivity contribution in [2.75, 3.05) is 23.3 Å². The third-order valence-corrected chi connectivity index (χ3v) is 7.47. The zero-order chi connectivity index (χ0) is 28.1. The lowest BCUT2D eigenvalue weighted by molar-refractivity contribution is 0.289. The average molecular weight is 545 g/mol. The molecule has 2 heterocycles. The first-order valence-electron chi connectivity index (χ1n) is 14.0. The lowest BCUT2D eigenvalue weighted by Crippen LogP contribution is -2.31. The summed E-state index contributed by atoms with van der Waals surface area (Å²) in [6, 6.07) is 41.1. The van der Waals surface area contributed by atoms with E-state index in [0.29, 0.717) is 13.5 Å².